The van der Waals surface area contributed by atoms with Crippen LogP contribution in [0.25, 0.3) is 0 Å². The van der Waals surface area contributed by atoms with E-state index >= 15 is 0 Å². The molecular formula is C20H24F2O. The quantitative estimate of drug-likeness (QED) is 0.695. The zero-order valence-electron chi connectivity index (χ0n) is 13.6. The predicted octanol–water partition coefficient (Wildman–Crippen LogP) is 5.79. The average Bonchev–Trinajstić information content (AvgIpc) is 2.94. The van der Waals surface area contributed by atoms with Gasteiger partial charge in [0.05, 0.1) is 0 Å². The number of hydrogen-bond donors (Lipinski definition) is 1. The van der Waals surface area contributed by atoms with Crippen molar-refractivity contribution in [3.63, 3.8) is 0 Å². The van der Waals surface area contributed by atoms with Gasteiger partial charge in [-0.1, -0.05) is 13.0 Å². The molecule has 124 valence electrons. The number of benzene rings is 1. The molecule has 0 spiro atoms. The minimum absolute atomic E-state index is 0.242. The second kappa shape index (κ2) is 5.32. The Labute approximate surface area is 136 Å². The molecule has 0 saturated heterocycles. The molecule has 0 radical (unpaired) electrons. The number of phenolic OH excluding ortho intramolecular Hbond substituents is 1. The number of rotatable bonds is 1. The summed E-state index contributed by atoms with van der Waals surface area (Å²) in [5.74, 6) is 1.76. The van der Waals surface area contributed by atoms with Crippen LogP contribution in [0.3, 0.4) is 0 Å². The van der Waals surface area contributed by atoms with Gasteiger partial charge >= 0.3 is 0 Å². The summed E-state index contributed by atoms with van der Waals surface area (Å²) < 4.78 is 27.0. The van der Waals surface area contributed by atoms with Gasteiger partial charge in [-0.25, -0.2) is 0 Å². The van der Waals surface area contributed by atoms with Gasteiger partial charge in [-0.3, -0.25) is 0 Å². The Bertz CT molecular complexity index is 662. The largest absolute Gasteiger partial charge is 0.508 e. The van der Waals surface area contributed by atoms with Crippen molar-refractivity contribution in [1.82, 2.24) is 0 Å². The van der Waals surface area contributed by atoms with E-state index in [2.05, 4.69) is 13.0 Å². The Balaban J connectivity index is 1.73. The molecule has 0 amide bonds. The number of aryl methyl sites for hydroxylation is 1. The number of aromatic hydroxyl groups is 1. The SMILES string of the molecule is CC[C@]12CC[C@@H]3c4ccc(O)cc4CC[C@H]3[C@@H]1CCC2=C(F)F. The first-order valence-electron chi connectivity index (χ1n) is 8.93. The molecule has 0 aliphatic heterocycles. The smallest absolute Gasteiger partial charge is 0.270 e. The number of hydrogen-bond acceptors (Lipinski definition) is 1. The Morgan fingerprint density at radius 3 is 2.78 bits per heavy atom. The summed E-state index contributed by atoms with van der Waals surface area (Å²) in [5.41, 5.74) is 2.86. The van der Waals surface area contributed by atoms with Crippen LogP contribution >= 0.6 is 0 Å². The minimum atomic E-state index is -1.41. The molecule has 1 nitrogen and oxygen atoms in total. The van der Waals surface area contributed by atoms with E-state index < -0.39 is 6.08 Å². The summed E-state index contributed by atoms with van der Waals surface area (Å²) in [6.45, 7) is 2.09. The molecule has 23 heavy (non-hydrogen) atoms. The van der Waals surface area contributed by atoms with Gasteiger partial charge in [0.25, 0.3) is 6.08 Å². The van der Waals surface area contributed by atoms with Gasteiger partial charge in [-0.05, 0) is 91.4 Å². The highest BCUT2D eigenvalue weighted by Crippen LogP contribution is 2.65. The lowest BCUT2D eigenvalue weighted by atomic mass is 9.54. The van der Waals surface area contributed by atoms with Gasteiger partial charge in [0.15, 0.2) is 0 Å². The van der Waals surface area contributed by atoms with Crippen molar-refractivity contribution in [1.29, 1.82) is 0 Å². The normalized spacial score (nSPS) is 35.4. The molecule has 3 aliphatic carbocycles. The first-order chi connectivity index (χ1) is 11.1. The van der Waals surface area contributed by atoms with Crippen molar-refractivity contribution in [2.75, 3.05) is 0 Å². The molecule has 0 aromatic heterocycles. The fraction of sp³-hybridized carbons (Fsp3) is 0.600. The van der Waals surface area contributed by atoms with Crippen molar-refractivity contribution >= 4 is 0 Å². The topological polar surface area (TPSA) is 20.2 Å². The molecule has 1 aromatic carbocycles. The zero-order valence-corrected chi connectivity index (χ0v) is 13.6. The summed E-state index contributed by atoms with van der Waals surface area (Å²) in [5, 5.41) is 9.72. The molecule has 4 atom stereocenters. The Kier molecular flexibility index (Phi) is 3.51. The second-order valence-corrected chi connectivity index (χ2v) is 7.62. The maximum absolute atomic E-state index is 13.5. The zero-order chi connectivity index (χ0) is 16.2. The Hall–Kier alpha value is -1.38. The van der Waals surface area contributed by atoms with Gasteiger partial charge in [0.1, 0.15) is 5.75 Å². The number of phenols is 1. The predicted molar refractivity (Wildman–Crippen MR) is 86.6 cm³/mol. The fourth-order valence-electron chi connectivity index (χ4n) is 6.13. The van der Waals surface area contributed by atoms with E-state index in [0.29, 0.717) is 35.5 Å². The highest BCUT2D eigenvalue weighted by molar-refractivity contribution is 5.41. The first-order valence-corrected chi connectivity index (χ1v) is 8.93. The van der Waals surface area contributed by atoms with Crippen LogP contribution in [0.1, 0.15) is 62.5 Å². The van der Waals surface area contributed by atoms with Crippen LogP contribution in [-0.4, -0.2) is 5.11 Å². The first kappa shape index (κ1) is 15.2. The van der Waals surface area contributed by atoms with E-state index in [1.165, 1.54) is 11.1 Å². The number of fused-ring (bicyclic) bond motifs is 5. The molecule has 2 saturated carbocycles. The molecule has 0 bridgehead atoms. The van der Waals surface area contributed by atoms with Gasteiger partial charge in [-0.15, -0.1) is 0 Å². The molecule has 1 N–H and O–H groups in total. The van der Waals surface area contributed by atoms with Crippen molar-refractivity contribution < 1.29 is 13.9 Å². The van der Waals surface area contributed by atoms with E-state index in [4.69, 9.17) is 0 Å². The molecule has 4 rings (SSSR count). The summed E-state index contributed by atoms with van der Waals surface area (Å²) in [6, 6.07) is 5.75. The standard InChI is InChI=1S/C20H24F2O/c1-2-20-10-9-15-14-6-4-13(23)11-12(14)3-5-16(15)17(20)7-8-18(20)19(21)22/h4,6,11,15-17,23H,2-3,5,7-10H2,1H3/t15-,16-,17+,20+/m1/s1. The van der Waals surface area contributed by atoms with E-state index in [1.807, 2.05) is 6.07 Å². The fourth-order valence-corrected chi connectivity index (χ4v) is 6.13. The van der Waals surface area contributed by atoms with Crippen LogP contribution in [0, 0.1) is 17.3 Å². The van der Waals surface area contributed by atoms with Crippen molar-refractivity contribution in [3.8, 4) is 5.75 Å². The van der Waals surface area contributed by atoms with Crippen molar-refractivity contribution in [2.45, 2.75) is 57.8 Å². The highest BCUT2D eigenvalue weighted by Gasteiger charge is 2.55. The van der Waals surface area contributed by atoms with Crippen LogP contribution in [0.4, 0.5) is 8.78 Å². The van der Waals surface area contributed by atoms with E-state index in [-0.39, 0.29) is 5.41 Å². The molecule has 3 heteroatoms. The summed E-state index contributed by atoms with van der Waals surface area (Å²) in [4.78, 5) is 0. The maximum atomic E-state index is 13.5. The van der Waals surface area contributed by atoms with Crippen molar-refractivity contribution in [3.05, 3.63) is 41.0 Å². The Morgan fingerprint density at radius 1 is 1.22 bits per heavy atom. The third kappa shape index (κ3) is 2.08. The van der Waals surface area contributed by atoms with Crippen LogP contribution < -0.4 is 0 Å². The lowest BCUT2D eigenvalue weighted by Gasteiger charge is -2.50. The number of allylic oxidation sites excluding steroid dienone is 1. The average molecular weight is 318 g/mol. The Morgan fingerprint density at radius 2 is 2.04 bits per heavy atom. The lowest BCUT2D eigenvalue weighted by molar-refractivity contribution is 0.0610. The molecule has 3 aliphatic rings. The summed E-state index contributed by atoms with van der Waals surface area (Å²) in [6.07, 6.45) is 4.89. The van der Waals surface area contributed by atoms with Gasteiger partial charge in [0, 0.05) is 5.57 Å². The van der Waals surface area contributed by atoms with Gasteiger partial charge < -0.3 is 5.11 Å². The molecule has 0 heterocycles. The van der Waals surface area contributed by atoms with E-state index in [1.54, 1.807) is 6.07 Å². The summed E-state index contributed by atoms with van der Waals surface area (Å²) >= 11 is 0. The number of halogens is 2. The molecular weight excluding hydrogens is 294 g/mol. The van der Waals surface area contributed by atoms with Crippen molar-refractivity contribution in [2.24, 2.45) is 17.3 Å². The molecule has 0 unspecified atom stereocenters. The third-order valence-corrected chi connectivity index (χ3v) is 7.08. The van der Waals surface area contributed by atoms with Gasteiger partial charge in [0.2, 0.25) is 0 Å². The van der Waals surface area contributed by atoms with Crippen LogP contribution in [0.5, 0.6) is 5.75 Å². The van der Waals surface area contributed by atoms with Crippen LogP contribution in [0.2, 0.25) is 0 Å². The minimum Gasteiger partial charge on any atom is -0.508 e. The van der Waals surface area contributed by atoms with E-state index in [0.717, 1.165) is 38.5 Å². The molecule has 1 aromatic rings. The highest BCUT2D eigenvalue weighted by atomic mass is 19.3. The monoisotopic (exact) mass is 318 g/mol. The van der Waals surface area contributed by atoms with Crippen LogP contribution in [0.15, 0.2) is 29.9 Å². The second-order valence-electron chi connectivity index (χ2n) is 7.62. The molecule has 2 fully saturated rings. The van der Waals surface area contributed by atoms with E-state index in [9.17, 15) is 13.9 Å². The lowest BCUT2D eigenvalue weighted by Crippen LogP contribution is -2.41. The van der Waals surface area contributed by atoms with Gasteiger partial charge in [-0.2, -0.15) is 8.78 Å². The van der Waals surface area contributed by atoms with Crippen LogP contribution in [-0.2, 0) is 6.42 Å². The summed E-state index contributed by atoms with van der Waals surface area (Å²) in [7, 11) is 0. The maximum Gasteiger partial charge on any atom is 0.270 e. The third-order valence-electron chi connectivity index (χ3n) is 7.08.